The molecule has 3 rings (SSSR count). The molecule has 0 unspecified atom stereocenters. The number of aliphatic hydroxyl groups is 3. The van der Waals surface area contributed by atoms with Crippen LogP contribution in [0.2, 0.25) is 0 Å². The number of anilines is 3. The number of nitrogens with two attached hydrogens (primary N) is 1. The molecule has 134 valence electrons. The molecule has 2 aliphatic rings. The van der Waals surface area contributed by atoms with Gasteiger partial charge in [0.05, 0.1) is 13.3 Å². The molecule has 13 heteroatoms. The van der Waals surface area contributed by atoms with E-state index >= 15 is 0 Å². The quantitative estimate of drug-likeness (QED) is 0.258. The van der Waals surface area contributed by atoms with Gasteiger partial charge in [0, 0.05) is 21.1 Å². The number of nitrogens with one attached hydrogen (secondary N) is 1. The average molecular weight is 507 g/mol. The first kappa shape index (κ1) is 24.1. The zero-order valence-electron chi connectivity index (χ0n) is 11.9. The number of fused-ring (bicyclic) bond motifs is 1. The van der Waals surface area contributed by atoms with Crippen LogP contribution in [0.25, 0.3) is 0 Å². The number of hydrogen-bond acceptors (Lipinski definition) is 9. The summed E-state index contributed by atoms with van der Waals surface area (Å²) in [7, 11) is 0. The zero-order valence-corrected chi connectivity index (χ0v) is 14.8. The number of aromatic nitrogens is 2. The van der Waals surface area contributed by atoms with Crippen LogP contribution in [0.4, 0.5) is 17.3 Å². The van der Waals surface area contributed by atoms with E-state index in [4.69, 9.17) is 15.6 Å². The Bertz CT molecular complexity index is 499. The summed E-state index contributed by atoms with van der Waals surface area (Å²) in [4.78, 5) is 9.59. The summed E-state index contributed by atoms with van der Waals surface area (Å²) < 4.78 is 5.45. The Labute approximate surface area is 145 Å². The minimum atomic E-state index is -1.14. The normalized spacial score (nSPS) is 27.5. The summed E-state index contributed by atoms with van der Waals surface area (Å²) in [6.07, 6.45) is -2.58. The van der Waals surface area contributed by atoms with Crippen LogP contribution in [0, 0.1) is 0 Å². The van der Waals surface area contributed by atoms with Gasteiger partial charge >= 0.3 is 0 Å². The van der Waals surface area contributed by atoms with E-state index in [2.05, 4.69) is 15.3 Å². The standard InChI is InChI=1S/C10H15N5O4.3H2O.W/c11-8-5-9(13-2-12-8)15(3-14-5)10-7(18)6(17)4(1-16)19-10;;;;/h2,4,6-7,10,14,16-18H,1,3H2,(H2,11,12,13);3*1H2;/t4-,6-,7-,10-;;;;/m1..../s1. The maximum Gasteiger partial charge on any atom is 0.162 e. The van der Waals surface area contributed by atoms with Crippen molar-refractivity contribution in [2.45, 2.75) is 24.5 Å². The molecule has 0 radical (unpaired) electrons. The first-order chi connectivity index (χ1) is 9.13. The van der Waals surface area contributed by atoms with Gasteiger partial charge in [-0.2, -0.15) is 0 Å². The smallest absolute Gasteiger partial charge is 0.162 e. The molecule has 1 fully saturated rings. The molecule has 12 nitrogen and oxygen atoms in total. The largest absolute Gasteiger partial charge is 0.412 e. The Morgan fingerprint density at radius 3 is 2.48 bits per heavy atom. The van der Waals surface area contributed by atoms with Crippen LogP contribution in [-0.2, 0) is 25.8 Å². The summed E-state index contributed by atoms with van der Waals surface area (Å²) in [5.74, 6) is 0.807. The predicted octanol–water partition coefficient (Wildman–Crippen LogP) is -4.79. The molecule has 2 aliphatic heterocycles. The zero-order chi connectivity index (χ0) is 13.6. The number of rotatable bonds is 2. The van der Waals surface area contributed by atoms with Crippen molar-refractivity contribution in [3.8, 4) is 0 Å². The van der Waals surface area contributed by atoms with E-state index in [1.807, 2.05) is 0 Å². The predicted molar refractivity (Wildman–Crippen MR) is 76.0 cm³/mol. The van der Waals surface area contributed by atoms with Crippen molar-refractivity contribution < 1.29 is 57.6 Å². The summed E-state index contributed by atoms with van der Waals surface area (Å²) in [6, 6.07) is 0. The van der Waals surface area contributed by atoms with Crippen LogP contribution in [0.1, 0.15) is 0 Å². The van der Waals surface area contributed by atoms with E-state index in [9.17, 15) is 10.2 Å². The maximum atomic E-state index is 9.98. The van der Waals surface area contributed by atoms with Crippen molar-refractivity contribution in [3.63, 3.8) is 0 Å². The van der Waals surface area contributed by atoms with Gasteiger partial charge in [-0.15, -0.1) is 0 Å². The molecule has 0 bridgehead atoms. The van der Waals surface area contributed by atoms with Gasteiger partial charge in [0.2, 0.25) is 0 Å². The number of nitrogen functional groups attached to an aromatic ring is 1. The fourth-order valence-electron chi connectivity index (χ4n) is 2.36. The van der Waals surface area contributed by atoms with Gasteiger partial charge in [-0.1, -0.05) is 0 Å². The van der Waals surface area contributed by atoms with E-state index in [0.29, 0.717) is 24.0 Å². The first-order valence-electron chi connectivity index (χ1n) is 5.87. The van der Waals surface area contributed by atoms with Crippen molar-refractivity contribution >= 4 is 17.3 Å². The molecule has 1 aromatic rings. The third kappa shape index (κ3) is 3.87. The molecule has 3 heterocycles. The van der Waals surface area contributed by atoms with E-state index < -0.39 is 24.5 Å². The number of ether oxygens (including phenoxy) is 1. The topological polar surface area (TPSA) is 231 Å². The molecular weight excluding hydrogens is 486 g/mol. The second kappa shape index (κ2) is 9.25. The Morgan fingerprint density at radius 1 is 1.26 bits per heavy atom. The van der Waals surface area contributed by atoms with Gasteiger partial charge in [-0.05, 0) is 0 Å². The minimum Gasteiger partial charge on any atom is -0.412 e. The van der Waals surface area contributed by atoms with Gasteiger partial charge < -0.3 is 52.4 Å². The van der Waals surface area contributed by atoms with Crippen LogP contribution >= 0.6 is 0 Å². The monoisotopic (exact) mass is 507 g/mol. The van der Waals surface area contributed by atoms with E-state index in [1.165, 1.54) is 6.33 Å². The van der Waals surface area contributed by atoms with Crippen molar-refractivity contribution in [1.82, 2.24) is 9.97 Å². The van der Waals surface area contributed by atoms with Gasteiger partial charge in [-0.3, -0.25) is 0 Å². The van der Waals surface area contributed by atoms with Gasteiger partial charge in [0.1, 0.15) is 30.3 Å². The van der Waals surface area contributed by atoms with Gasteiger partial charge in [0.25, 0.3) is 0 Å². The molecule has 0 aliphatic carbocycles. The SMILES string of the molecule is Nc1ncnc2c1NCN2[C@@H]1O[C@H](CO)[C@@H](O)[C@H]1O.O.O.O.[W]. The van der Waals surface area contributed by atoms with Crippen molar-refractivity contribution in [2.75, 3.05) is 29.2 Å². The van der Waals surface area contributed by atoms with Gasteiger partial charge in [0.15, 0.2) is 17.9 Å². The Kier molecular flexibility index (Phi) is 9.71. The molecule has 4 atom stereocenters. The van der Waals surface area contributed by atoms with E-state index in [-0.39, 0.29) is 44.1 Å². The molecule has 0 amide bonds. The third-order valence-electron chi connectivity index (χ3n) is 3.38. The Hall–Kier alpha value is -1.11. The molecular formula is C10H21N5O7W. The fourth-order valence-corrected chi connectivity index (χ4v) is 2.36. The molecule has 12 N–H and O–H groups in total. The molecule has 23 heavy (non-hydrogen) atoms. The van der Waals surface area contributed by atoms with E-state index in [0.717, 1.165) is 0 Å². The van der Waals surface area contributed by atoms with Crippen LogP contribution in [0.15, 0.2) is 6.33 Å². The Morgan fingerprint density at radius 2 is 1.91 bits per heavy atom. The summed E-state index contributed by atoms with van der Waals surface area (Å²) >= 11 is 0. The number of nitrogens with zero attached hydrogens (tertiary/aromatic N) is 3. The Balaban J connectivity index is 0. The van der Waals surface area contributed by atoms with Crippen molar-refractivity contribution in [1.29, 1.82) is 0 Å². The third-order valence-corrected chi connectivity index (χ3v) is 3.38. The summed E-state index contributed by atoms with van der Waals surface area (Å²) in [6.45, 7) is -0.0421. The van der Waals surface area contributed by atoms with Gasteiger partial charge in [-0.25, -0.2) is 9.97 Å². The van der Waals surface area contributed by atoms with Crippen LogP contribution < -0.4 is 16.0 Å². The molecule has 1 aromatic heterocycles. The maximum absolute atomic E-state index is 9.98. The molecule has 0 spiro atoms. The summed E-state index contributed by atoms with van der Waals surface area (Å²) in [5.41, 5.74) is 6.28. The molecule has 0 saturated carbocycles. The second-order valence-corrected chi connectivity index (χ2v) is 4.49. The van der Waals surface area contributed by atoms with Crippen LogP contribution in [0.5, 0.6) is 0 Å². The average Bonchev–Trinajstić information content (AvgIpc) is 2.94. The number of aliphatic hydroxyl groups excluding tert-OH is 3. The first-order valence-corrected chi connectivity index (χ1v) is 5.87. The second-order valence-electron chi connectivity index (χ2n) is 4.49. The molecule has 0 aromatic carbocycles. The van der Waals surface area contributed by atoms with Crippen LogP contribution in [0.3, 0.4) is 0 Å². The van der Waals surface area contributed by atoms with E-state index in [1.54, 1.807) is 4.90 Å². The summed E-state index contributed by atoms with van der Waals surface area (Å²) in [5, 5.41) is 31.8. The fraction of sp³-hybridized carbons (Fsp3) is 0.600. The van der Waals surface area contributed by atoms with Crippen molar-refractivity contribution in [2.24, 2.45) is 0 Å². The van der Waals surface area contributed by atoms with Crippen LogP contribution in [-0.4, -0.2) is 79.5 Å². The number of hydrogen-bond donors (Lipinski definition) is 5. The molecule has 1 saturated heterocycles. The minimum absolute atomic E-state index is 0. The van der Waals surface area contributed by atoms with Crippen molar-refractivity contribution in [3.05, 3.63) is 6.33 Å².